The molecule has 0 bridgehead atoms. The van der Waals surface area contributed by atoms with Gasteiger partial charge in [0.1, 0.15) is 0 Å². The highest BCUT2D eigenvalue weighted by Gasteiger charge is 2.12. The Morgan fingerprint density at radius 3 is 2.36 bits per heavy atom. The van der Waals surface area contributed by atoms with E-state index >= 15 is 0 Å². The average molecular weight is 189 g/mol. The van der Waals surface area contributed by atoms with E-state index in [0.29, 0.717) is 0 Å². The monoisotopic (exact) mass is 189 g/mol. The second-order valence-electron chi connectivity index (χ2n) is 4.34. The maximum atomic E-state index is 2.53. The summed E-state index contributed by atoms with van der Waals surface area (Å²) < 4.78 is 0. The minimum atomic E-state index is 1.24. The Bertz CT molecular complexity index is 311. The van der Waals surface area contributed by atoms with Crippen LogP contribution in [0.2, 0.25) is 0 Å². The van der Waals surface area contributed by atoms with Gasteiger partial charge in [-0.3, -0.25) is 0 Å². The number of anilines is 1. The largest absolute Gasteiger partial charge is 0.371 e. The van der Waals surface area contributed by atoms with Crippen LogP contribution in [-0.4, -0.2) is 13.1 Å². The molecule has 1 aromatic carbocycles. The molecule has 1 saturated heterocycles. The van der Waals surface area contributed by atoms with E-state index in [2.05, 4.69) is 36.9 Å². The number of hydrogen-bond acceptors (Lipinski definition) is 1. The molecule has 0 amide bonds. The zero-order valence-electron chi connectivity index (χ0n) is 9.21. The van der Waals surface area contributed by atoms with Gasteiger partial charge in [-0.1, -0.05) is 17.7 Å². The van der Waals surface area contributed by atoms with Gasteiger partial charge in [-0.2, -0.15) is 0 Å². The van der Waals surface area contributed by atoms with Gasteiger partial charge in [-0.15, -0.1) is 0 Å². The lowest BCUT2D eigenvalue weighted by Gasteiger charge is -2.30. The van der Waals surface area contributed by atoms with E-state index in [-0.39, 0.29) is 0 Å². The van der Waals surface area contributed by atoms with Crippen molar-refractivity contribution >= 4 is 5.69 Å². The molecular weight excluding hydrogens is 170 g/mol. The van der Waals surface area contributed by atoms with Crippen LogP contribution < -0.4 is 4.90 Å². The molecule has 0 aliphatic carbocycles. The van der Waals surface area contributed by atoms with E-state index in [9.17, 15) is 0 Å². The van der Waals surface area contributed by atoms with Crippen molar-refractivity contribution in [3.05, 3.63) is 29.3 Å². The summed E-state index contributed by atoms with van der Waals surface area (Å²) in [5, 5.41) is 0. The summed E-state index contributed by atoms with van der Waals surface area (Å²) in [5.41, 5.74) is 4.23. The van der Waals surface area contributed by atoms with Crippen molar-refractivity contribution in [1.82, 2.24) is 0 Å². The highest BCUT2D eigenvalue weighted by atomic mass is 15.1. The van der Waals surface area contributed by atoms with Crippen molar-refractivity contribution in [3.8, 4) is 0 Å². The molecular formula is C13H19N. The third-order valence-corrected chi connectivity index (χ3v) is 3.05. The molecule has 0 radical (unpaired) electrons. The number of piperidine rings is 1. The van der Waals surface area contributed by atoms with Crippen molar-refractivity contribution in [3.63, 3.8) is 0 Å². The highest BCUT2D eigenvalue weighted by Crippen LogP contribution is 2.24. The molecule has 0 unspecified atom stereocenters. The molecule has 76 valence electrons. The van der Waals surface area contributed by atoms with E-state index in [1.165, 1.54) is 49.2 Å². The SMILES string of the molecule is Cc1ccc(N2CCCCC2)c(C)c1. The smallest absolute Gasteiger partial charge is 0.0396 e. The second-order valence-corrected chi connectivity index (χ2v) is 4.34. The van der Waals surface area contributed by atoms with Gasteiger partial charge >= 0.3 is 0 Å². The van der Waals surface area contributed by atoms with E-state index in [1.54, 1.807) is 0 Å². The number of nitrogens with zero attached hydrogens (tertiary/aromatic N) is 1. The minimum absolute atomic E-state index is 1.24. The van der Waals surface area contributed by atoms with Crippen LogP contribution in [0.5, 0.6) is 0 Å². The lowest BCUT2D eigenvalue weighted by molar-refractivity contribution is 0.577. The Morgan fingerprint density at radius 1 is 1.00 bits per heavy atom. The number of aryl methyl sites for hydroxylation is 2. The first-order valence-corrected chi connectivity index (χ1v) is 5.59. The fourth-order valence-corrected chi connectivity index (χ4v) is 2.30. The molecule has 1 aliphatic rings. The fraction of sp³-hybridized carbons (Fsp3) is 0.538. The maximum absolute atomic E-state index is 2.53. The molecule has 0 atom stereocenters. The Hall–Kier alpha value is -0.980. The zero-order chi connectivity index (χ0) is 9.97. The molecule has 2 rings (SSSR count). The topological polar surface area (TPSA) is 3.24 Å². The summed E-state index contributed by atoms with van der Waals surface area (Å²) in [6.07, 6.45) is 4.11. The summed E-state index contributed by atoms with van der Waals surface area (Å²) in [6.45, 7) is 6.86. The van der Waals surface area contributed by atoms with Crippen molar-refractivity contribution in [2.75, 3.05) is 18.0 Å². The third-order valence-electron chi connectivity index (χ3n) is 3.05. The summed E-state index contributed by atoms with van der Waals surface area (Å²) >= 11 is 0. The van der Waals surface area contributed by atoms with Gasteiger partial charge in [0.25, 0.3) is 0 Å². The lowest BCUT2D eigenvalue weighted by Crippen LogP contribution is -2.29. The van der Waals surface area contributed by atoms with Gasteiger partial charge in [-0.05, 0) is 44.7 Å². The van der Waals surface area contributed by atoms with Crippen molar-refractivity contribution < 1.29 is 0 Å². The first-order valence-electron chi connectivity index (χ1n) is 5.59. The number of rotatable bonds is 1. The molecule has 0 spiro atoms. The standard InChI is InChI=1S/C13H19N/c1-11-6-7-13(12(2)10-11)14-8-4-3-5-9-14/h6-7,10H,3-5,8-9H2,1-2H3. The Morgan fingerprint density at radius 2 is 1.71 bits per heavy atom. The minimum Gasteiger partial charge on any atom is -0.371 e. The number of benzene rings is 1. The first kappa shape index (κ1) is 9.57. The number of hydrogen-bond donors (Lipinski definition) is 0. The van der Waals surface area contributed by atoms with E-state index < -0.39 is 0 Å². The van der Waals surface area contributed by atoms with Gasteiger partial charge in [0.2, 0.25) is 0 Å². The van der Waals surface area contributed by atoms with Crippen LogP contribution >= 0.6 is 0 Å². The molecule has 1 heterocycles. The van der Waals surface area contributed by atoms with Crippen LogP contribution in [0.15, 0.2) is 18.2 Å². The maximum Gasteiger partial charge on any atom is 0.0396 e. The van der Waals surface area contributed by atoms with Crippen LogP contribution in [0, 0.1) is 13.8 Å². The summed E-state index contributed by atoms with van der Waals surface area (Å²) in [4.78, 5) is 2.53. The quantitative estimate of drug-likeness (QED) is 0.655. The van der Waals surface area contributed by atoms with Gasteiger partial charge in [0, 0.05) is 18.8 Å². The average Bonchev–Trinajstić information content (AvgIpc) is 2.19. The van der Waals surface area contributed by atoms with Gasteiger partial charge in [0.05, 0.1) is 0 Å². The molecule has 1 aromatic rings. The summed E-state index contributed by atoms with van der Waals surface area (Å²) in [5.74, 6) is 0. The Balaban J connectivity index is 2.22. The van der Waals surface area contributed by atoms with Crippen LogP contribution in [0.3, 0.4) is 0 Å². The predicted molar refractivity (Wildman–Crippen MR) is 62.0 cm³/mol. The molecule has 1 heteroatoms. The first-order chi connectivity index (χ1) is 6.77. The molecule has 0 N–H and O–H groups in total. The highest BCUT2D eigenvalue weighted by molar-refractivity contribution is 5.54. The Kier molecular flexibility index (Phi) is 2.76. The molecule has 1 fully saturated rings. The van der Waals surface area contributed by atoms with E-state index in [1.807, 2.05) is 0 Å². The predicted octanol–water partition coefficient (Wildman–Crippen LogP) is 3.29. The van der Waals surface area contributed by atoms with Crippen LogP contribution in [0.25, 0.3) is 0 Å². The molecule has 0 aromatic heterocycles. The van der Waals surface area contributed by atoms with Crippen molar-refractivity contribution in [1.29, 1.82) is 0 Å². The van der Waals surface area contributed by atoms with Crippen LogP contribution in [0.1, 0.15) is 30.4 Å². The van der Waals surface area contributed by atoms with Gasteiger partial charge in [-0.25, -0.2) is 0 Å². The lowest BCUT2D eigenvalue weighted by atomic mass is 10.1. The third kappa shape index (κ3) is 1.92. The fourth-order valence-electron chi connectivity index (χ4n) is 2.30. The zero-order valence-corrected chi connectivity index (χ0v) is 9.21. The van der Waals surface area contributed by atoms with E-state index in [0.717, 1.165) is 0 Å². The second kappa shape index (κ2) is 4.04. The van der Waals surface area contributed by atoms with Gasteiger partial charge < -0.3 is 4.90 Å². The summed E-state index contributed by atoms with van der Waals surface area (Å²) in [6, 6.07) is 6.77. The van der Waals surface area contributed by atoms with E-state index in [4.69, 9.17) is 0 Å². The van der Waals surface area contributed by atoms with Crippen LogP contribution in [-0.2, 0) is 0 Å². The molecule has 1 aliphatic heterocycles. The molecule has 14 heavy (non-hydrogen) atoms. The van der Waals surface area contributed by atoms with Crippen molar-refractivity contribution in [2.24, 2.45) is 0 Å². The normalized spacial score (nSPS) is 17.1. The van der Waals surface area contributed by atoms with Gasteiger partial charge in [0.15, 0.2) is 0 Å². The molecule has 0 saturated carbocycles. The van der Waals surface area contributed by atoms with Crippen LogP contribution in [0.4, 0.5) is 5.69 Å². The van der Waals surface area contributed by atoms with Crippen molar-refractivity contribution in [2.45, 2.75) is 33.1 Å². The Labute approximate surface area is 86.7 Å². The summed E-state index contributed by atoms with van der Waals surface area (Å²) in [7, 11) is 0. The molecule has 1 nitrogen and oxygen atoms in total.